The van der Waals surface area contributed by atoms with Gasteiger partial charge >= 0.3 is 0 Å². The van der Waals surface area contributed by atoms with Crippen LogP contribution in [0.3, 0.4) is 0 Å². The number of rotatable bonds is 8. The van der Waals surface area contributed by atoms with Gasteiger partial charge in [0.1, 0.15) is 11.1 Å². The van der Waals surface area contributed by atoms with E-state index in [9.17, 15) is 9.59 Å². The Morgan fingerprint density at radius 2 is 1.97 bits per heavy atom. The number of benzene rings is 2. The molecule has 6 heteroatoms. The van der Waals surface area contributed by atoms with Crippen molar-refractivity contribution < 1.29 is 14.3 Å². The number of hydrogen-bond acceptors (Lipinski definition) is 4. The molecule has 0 spiro atoms. The lowest BCUT2D eigenvalue weighted by atomic mass is 9.84. The van der Waals surface area contributed by atoms with Crippen LogP contribution >= 0.6 is 11.8 Å². The minimum Gasteiger partial charge on any atom is -0.492 e. The third kappa shape index (κ3) is 6.28. The number of carbonyl (C=O) groups is 2. The van der Waals surface area contributed by atoms with Gasteiger partial charge in [-0.25, -0.2) is 0 Å². The fourth-order valence-electron chi connectivity index (χ4n) is 4.28. The van der Waals surface area contributed by atoms with Crippen LogP contribution in [0.4, 0.5) is 11.4 Å². The highest BCUT2D eigenvalue weighted by atomic mass is 32.2. The van der Waals surface area contributed by atoms with Gasteiger partial charge in [-0.15, -0.1) is 11.8 Å². The quantitative estimate of drug-likeness (QED) is 0.511. The molecule has 2 aromatic rings. The van der Waals surface area contributed by atoms with Crippen LogP contribution in [0, 0.1) is 11.3 Å². The van der Waals surface area contributed by atoms with Crippen LogP contribution in [-0.2, 0) is 9.59 Å². The maximum absolute atomic E-state index is 12.8. The minimum absolute atomic E-state index is 0.0209. The highest BCUT2D eigenvalue weighted by Gasteiger charge is 2.35. The van der Waals surface area contributed by atoms with Crippen molar-refractivity contribution in [2.45, 2.75) is 52.8 Å². The van der Waals surface area contributed by atoms with E-state index in [-0.39, 0.29) is 22.6 Å². The van der Waals surface area contributed by atoms with Crippen molar-refractivity contribution in [2.24, 2.45) is 11.3 Å². The highest BCUT2D eigenvalue weighted by molar-refractivity contribution is 8.00. The Morgan fingerprint density at radius 1 is 1.22 bits per heavy atom. The fourth-order valence-corrected chi connectivity index (χ4v) is 5.44. The van der Waals surface area contributed by atoms with Gasteiger partial charge in [-0.3, -0.25) is 14.5 Å². The second-order valence-corrected chi connectivity index (χ2v) is 10.6. The zero-order valence-electron chi connectivity index (χ0n) is 19.7. The lowest BCUT2D eigenvalue weighted by Crippen LogP contribution is -2.28. The van der Waals surface area contributed by atoms with Gasteiger partial charge in [-0.05, 0) is 54.5 Å². The summed E-state index contributed by atoms with van der Waals surface area (Å²) in [6.45, 7) is 11.2. The molecule has 32 heavy (non-hydrogen) atoms. The predicted octanol–water partition coefficient (Wildman–Crippen LogP) is 6.26. The molecule has 0 unspecified atom stereocenters. The molecule has 1 heterocycles. The number of nitrogens with zero attached hydrogens (tertiary/aromatic N) is 1. The van der Waals surface area contributed by atoms with Crippen molar-refractivity contribution in [1.29, 1.82) is 0 Å². The van der Waals surface area contributed by atoms with Crippen LogP contribution in [0.25, 0.3) is 0 Å². The van der Waals surface area contributed by atoms with E-state index in [0.29, 0.717) is 30.4 Å². The molecule has 1 fully saturated rings. The van der Waals surface area contributed by atoms with E-state index < -0.39 is 0 Å². The molecular formula is C26H34N2O3S. The summed E-state index contributed by atoms with van der Waals surface area (Å²) >= 11 is 1.59. The average Bonchev–Trinajstić information content (AvgIpc) is 3.08. The second-order valence-electron chi connectivity index (χ2n) is 9.58. The van der Waals surface area contributed by atoms with Gasteiger partial charge in [-0.1, -0.05) is 52.0 Å². The van der Waals surface area contributed by atoms with Gasteiger partial charge in [0, 0.05) is 12.1 Å². The lowest BCUT2D eigenvalue weighted by molar-refractivity contribution is -0.117. The summed E-state index contributed by atoms with van der Waals surface area (Å²) < 4.78 is 5.77. The van der Waals surface area contributed by atoms with Crippen LogP contribution in [0.2, 0.25) is 0 Å². The van der Waals surface area contributed by atoms with E-state index in [1.165, 1.54) is 0 Å². The van der Waals surface area contributed by atoms with Gasteiger partial charge in [0.05, 0.1) is 18.0 Å². The number of nitrogens with one attached hydrogen (secondary N) is 1. The zero-order chi connectivity index (χ0) is 23.3. The molecular weight excluding hydrogens is 420 g/mol. The third-order valence-electron chi connectivity index (χ3n) is 5.24. The van der Waals surface area contributed by atoms with Crippen molar-refractivity contribution in [3.8, 4) is 5.75 Å². The Morgan fingerprint density at radius 3 is 2.69 bits per heavy atom. The first-order valence-corrected chi connectivity index (χ1v) is 12.3. The van der Waals surface area contributed by atoms with Crippen LogP contribution < -0.4 is 15.0 Å². The SMILES string of the molecule is CCOc1ccccc1N1C(=O)CS[C@@H]1c1cccc(NC(=O)C[C@H](C)CC(C)(C)C)c1. The monoisotopic (exact) mass is 454 g/mol. The van der Waals surface area contributed by atoms with Crippen molar-refractivity contribution in [2.75, 3.05) is 22.6 Å². The first-order valence-electron chi connectivity index (χ1n) is 11.2. The molecule has 0 saturated carbocycles. The van der Waals surface area contributed by atoms with Crippen molar-refractivity contribution in [3.63, 3.8) is 0 Å². The maximum Gasteiger partial charge on any atom is 0.238 e. The first-order chi connectivity index (χ1) is 15.2. The molecule has 1 aliphatic rings. The van der Waals surface area contributed by atoms with Crippen molar-refractivity contribution in [1.82, 2.24) is 0 Å². The zero-order valence-corrected chi connectivity index (χ0v) is 20.5. The molecule has 1 aliphatic heterocycles. The summed E-state index contributed by atoms with van der Waals surface area (Å²) in [4.78, 5) is 27.2. The van der Waals surface area contributed by atoms with E-state index in [0.717, 1.165) is 23.4 Å². The van der Waals surface area contributed by atoms with E-state index in [4.69, 9.17) is 4.74 Å². The number of carbonyl (C=O) groups excluding carboxylic acids is 2. The van der Waals surface area contributed by atoms with Crippen molar-refractivity contribution >= 4 is 35.0 Å². The number of para-hydroxylation sites is 2. The van der Waals surface area contributed by atoms with Crippen LogP contribution in [0.15, 0.2) is 48.5 Å². The summed E-state index contributed by atoms with van der Waals surface area (Å²) in [5, 5.41) is 2.88. The lowest BCUT2D eigenvalue weighted by Gasteiger charge is -2.26. The molecule has 5 nitrogen and oxygen atoms in total. The summed E-state index contributed by atoms with van der Waals surface area (Å²) in [5.41, 5.74) is 2.72. The fraction of sp³-hybridized carbons (Fsp3) is 0.462. The smallest absolute Gasteiger partial charge is 0.238 e. The molecule has 0 bridgehead atoms. The Labute approximate surface area is 195 Å². The molecule has 172 valence electrons. The van der Waals surface area contributed by atoms with Gasteiger partial charge in [0.25, 0.3) is 0 Å². The van der Waals surface area contributed by atoms with E-state index in [1.54, 1.807) is 11.8 Å². The second kappa shape index (κ2) is 10.4. The predicted molar refractivity (Wildman–Crippen MR) is 133 cm³/mol. The molecule has 1 N–H and O–H groups in total. The van der Waals surface area contributed by atoms with Gasteiger partial charge in [0.2, 0.25) is 11.8 Å². The Balaban J connectivity index is 1.77. The highest BCUT2D eigenvalue weighted by Crippen LogP contribution is 2.45. The summed E-state index contributed by atoms with van der Waals surface area (Å²) in [5.74, 6) is 1.50. The Bertz CT molecular complexity index is 954. The summed E-state index contributed by atoms with van der Waals surface area (Å²) in [6, 6.07) is 15.4. The molecule has 0 aliphatic carbocycles. The Hall–Kier alpha value is -2.47. The largest absolute Gasteiger partial charge is 0.492 e. The summed E-state index contributed by atoms with van der Waals surface area (Å²) in [6.07, 6.45) is 1.49. The Kier molecular flexibility index (Phi) is 7.88. The van der Waals surface area contributed by atoms with E-state index in [1.807, 2.05) is 60.4 Å². The van der Waals surface area contributed by atoms with Crippen molar-refractivity contribution in [3.05, 3.63) is 54.1 Å². The topological polar surface area (TPSA) is 58.6 Å². The van der Waals surface area contributed by atoms with Gasteiger partial charge < -0.3 is 10.1 Å². The van der Waals surface area contributed by atoms with E-state index in [2.05, 4.69) is 33.0 Å². The van der Waals surface area contributed by atoms with Crippen LogP contribution in [0.5, 0.6) is 5.75 Å². The molecule has 2 atom stereocenters. The molecule has 0 aromatic heterocycles. The van der Waals surface area contributed by atoms with Crippen LogP contribution in [-0.4, -0.2) is 24.2 Å². The van der Waals surface area contributed by atoms with Gasteiger partial charge in [0.15, 0.2) is 0 Å². The minimum atomic E-state index is -0.166. The van der Waals surface area contributed by atoms with Gasteiger partial charge in [-0.2, -0.15) is 0 Å². The van der Waals surface area contributed by atoms with Crippen LogP contribution in [0.1, 0.15) is 58.4 Å². The number of ether oxygens (including phenoxy) is 1. The third-order valence-corrected chi connectivity index (χ3v) is 6.46. The molecule has 0 radical (unpaired) electrons. The molecule has 2 amide bonds. The standard InChI is InChI=1S/C26H34N2O3S/c1-6-31-22-13-8-7-12-21(22)28-24(30)17-32-25(28)19-10-9-11-20(15-19)27-23(29)14-18(2)16-26(3,4)5/h7-13,15,18,25H,6,14,16-17H2,1-5H3,(H,27,29)/t18-,25+/m0/s1. The summed E-state index contributed by atoms with van der Waals surface area (Å²) in [7, 11) is 0. The first kappa shape index (κ1) is 24.2. The maximum atomic E-state index is 12.8. The molecule has 1 saturated heterocycles. The number of anilines is 2. The number of thioether (sulfide) groups is 1. The molecule has 3 rings (SSSR count). The number of amides is 2. The van der Waals surface area contributed by atoms with E-state index >= 15 is 0 Å². The number of hydrogen-bond donors (Lipinski definition) is 1. The normalized spacial score (nSPS) is 17.3. The molecule has 2 aromatic carbocycles. The average molecular weight is 455 g/mol.